The van der Waals surface area contributed by atoms with Gasteiger partial charge in [-0.3, -0.25) is 19.4 Å². The third kappa shape index (κ3) is 2.05. The van der Waals surface area contributed by atoms with Gasteiger partial charge in [0.1, 0.15) is 11.9 Å². The molecular formula is C22H16N2O3. The Morgan fingerprint density at radius 2 is 1.26 bits per heavy atom. The van der Waals surface area contributed by atoms with Crippen molar-refractivity contribution in [2.75, 3.05) is 16.9 Å². The maximum atomic E-state index is 13.5. The Balaban J connectivity index is 1.81. The van der Waals surface area contributed by atoms with Crippen molar-refractivity contribution < 1.29 is 14.3 Å². The molecule has 0 bridgehead atoms. The van der Waals surface area contributed by atoms with Crippen LogP contribution >= 0.6 is 0 Å². The molecule has 5 nitrogen and oxygen atoms in total. The van der Waals surface area contributed by atoms with Crippen LogP contribution in [0, 0.1) is 0 Å². The third-order valence-corrected chi connectivity index (χ3v) is 5.13. The van der Waals surface area contributed by atoms with Gasteiger partial charge in [-0.1, -0.05) is 42.5 Å². The summed E-state index contributed by atoms with van der Waals surface area (Å²) in [6.07, 6.45) is -0.535. The van der Waals surface area contributed by atoms with Crippen LogP contribution in [0.15, 0.2) is 72.8 Å². The largest absolute Gasteiger partial charge is 0.495 e. The maximum Gasteiger partial charge on any atom is 0.262 e. The first-order valence-corrected chi connectivity index (χ1v) is 8.70. The van der Waals surface area contributed by atoms with E-state index < -0.39 is 6.17 Å². The quantitative estimate of drug-likeness (QED) is 0.697. The van der Waals surface area contributed by atoms with Crippen molar-refractivity contribution in [1.29, 1.82) is 0 Å². The van der Waals surface area contributed by atoms with Crippen LogP contribution in [0.4, 0.5) is 11.4 Å². The molecule has 0 radical (unpaired) electrons. The molecule has 5 rings (SSSR count). The number of methoxy groups -OCH3 is 1. The van der Waals surface area contributed by atoms with E-state index in [0.29, 0.717) is 28.3 Å². The average molecular weight is 356 g/mol. The molecule has 0 fully saturated rings. The van der Waals surface area contributed by atoms with Gasteiger partial charge in [0.25, 0.3) is 11.8 Å². The molecule has 0 N–H and O–H groups in total. The smallest absolute Gasteiger partial charge is 0.262 e. The van der Waals surface area contributed by atoms with Gasteiger partial charge in [0.15, 0.2) is 0 Å². The van der Waals surface area contributed by atoms with Gasteiger partial charge >= 0.3 is 0 Å². The van der Waals surface area contributed by atoms with Gasteiger partial charge in [-0.15, -0.1) is 0 Å². The van der Waals surface area contributed by atoms with E-state index in [1.165, 1.54) is 0 Å². The van der Waals surface area contributed by atoms with Crippen molar-refractivity contribution in [3.8, 4) is 5.75 Å². The van der Waals surface area contributed by atoms with E-state index in [-0.39, 0.29) is 11.8 Å². The van der Waals surface area contributed by atoms with E-state index in [9.17, 15) is 9.59 Å². The lowest BCUT2D eigenvalue weighted by molar-refractivity contribution is 0.0948. The van der Waals surface area contributed by atoms with Gasteiger partial charge in [0.05, 0.1) is 24.0 Å². The zero-order chi connectivity index (χ0) is 18.5. The van der Waals surface area contributed by atoms with Crippen molar-refractivity contribution in [3.05, 3.63) is 89.5 Å². The van der Waals surface area contributed by atoms with Crippen LogP contribution in [0.3, 0.4) is 0 Å². The van der Waals surface area contributed by atoms with E-state index >= 15 is 0 Å². The topological polar surface area (TPSA) is 49.9 Å². The molecule has 5 heteroatoms. The van der Waals surface area contributed by atoms with E-state index in [0.717, 1.165) is 5.56 Å². The molecule has 0 saturated carbocycles. The molecule has 132 valence electrons. The highest BCUT2D eigenvalue weighted by Crippen LogP contribution is 2.48. The van der Waals surface area contributed by atoms with Crippen LogP contribution in [0.25, 0.3) is 0 Å². The second kappa shape index (κ2) is 5.71. The summed E-state index contributed by atoms with van der Waals surface area (Å²) in [5.74, 6) is 0.332. The molecule has 2 aliphatic heterocycles. The molecule has 1 unspecified atom stereocenters. The van der Waals surface area contributed by atoms with Gasteiger partial charge in [0.2, 0.25) is 0 Å². The molecule has 2 aliphatic rings. The summed E-state index contributed by atoms with van der Waals surface area (Å²) in [5.41, 5.74) is 3.21. The van der Waals surface area contributed by atoms with E-state index in [1.807, 2.05) is 66.7 Å². The Kier molecular flexibility index (Phi) is 3.31. The number of fused-ring (bicyclic) bond motifs is 5. The molecule has 0 aromatic heterocycles. The Bertz CT molecular complexity index is 1090. The minimum absolute atomic E-state index is 0.101. The summed E-state index contributed by atoms with van der Waals surface area (Å²) in [6, 6.07) is 22.1. The lowest BCUT2D eigenvalue weighted by atomic mass is 10.0. The summed E-state index contributed by atoms with van der Waals surface area (Å²) < 4.78 is 5.50. The molecule has 2 heterocycles. The molecule has 0 saturated heterocycles. The van der Waals surface area contributed by atoms with Crippen LogP contribution in [0.2, 0.25) is 0 Å². The van der Waals surface area contributed by atoms with Crippen LogP contribution in [-0.4, -0.2) is 18.9 Å². The zero-order valence-corrected chi connectivity index (χ0v) is 14.6. The van der Waals surface area contributed by atoms with Crippen molar-refractivity contribution in [1.82, 2.24) is 0 Å². The third-order valence-electron chi connectivity index (χ3n) is 5.13. The Morgan fingerprint density at radius 3 is 2.04 bits per heavy atom. The lowest BCUT2D eigenvalue weighted by Crippen LogP contribution is -2.48. The highest BCUT2D eigenvalue weighted by atomic mass is 16.5. The number of para-hydroxylation sites is 3. The average Bonchev–Trinajstić information content (AvgIpc) is 3.02. The fourth-order valence-corrected chi connectivity index (χ4v) is 3.97. The van der Waals surface area contributed by atoms with Crippen molar-refractivity contribution in [2.45, 2.75) is 6.17 Å². The van der Waals surface area contributed by atoms with Crippen LogP contribution < -0.4 is 14.5 Å². The molecule has 3 aromatic rings. The number of benzene rings is 3. The van der Waals surface area contributed by atoms with E-state index in [1.54, 1.807) is 23.0 Å². The maximum absolute atomic E-state index is 13.5. The normalized spacial score (nSPS) is 17.4. The summed E-state index contributed by atoms with van der Waals surface area (Å²) in [6.45, 7) is 0. The van der Waals surface area contributed by atoms with Crippen LogP contribution in [-0.2, 0) is 0 Å². The molecule has 0 aliphatic carbocycles. The monoisotopic (exact) mass is 356 g/mol. The Morgan fingerprint density at radius 1 is 0.704 bits per heavy atom. The van der Waals surface area contributed by atoms with Crippen molar-refractivity contribution >= 4 is 23.2 Å². The highest BCUT2D eigenvalue weighted by molar-refractivity contribution is 6.21. The fraction of sp³-hybridized carbons (Fsp3) is 0.0909. The molecule has 27 heavy (non-hydrogen) atoms. The van der Waals surface area contributed by atoms with Gasteiger partial charge in [-0.05, 0) is 30.3 Å². The molecular weight excluding hydrogens is 340 g/mol. The standard InChI is InChI=1S/C22H16N2O3/c1-27-19-13-7-6-12-18(19)24-20-14-8-2-3-9-15(14)21(25)23(20)17-11-5-4-10-16(17)22(24)26/h2-13,20H,1H3. The number of carbonyl (C=O) groups excluding carboxylic acids is 2. The number of amides is 2. The zero-order valence-electron chi connectivity index (χ0n) is 14.6. The lowest BCUT2D eigenvalue weighted by Gasteiger charge is -2.41. The number of rotatable bonds is 2. The van der Waals surface area contributed by atoms with E-state index in [4.69, 9.17) is 4.74 Å². The van der Waals surface area contributed by atoms with Crippen molar-refractivity contribution in [3.63, 3.8) is 0 Å². The van der Waals surface area contributed by atoms with Gasteiger partial charge in [0, 0.05) is 11.1 Å². The van der Waals surface area contributed by atoms with E-state index in [2.05, 4.69) is 0 Å². The summed E-state index contributed by atoms with van der Waals surface area (Å²) in [7, 11) is 1.58. The van der Waals surface area contributed by atoms with Crippen LogP contribution in [0.1, 0.15) is 32.4 Å². The minimum Gasteiger partial charge on any atom is -0.495 e. The Labute approximate surface area is 156 Å². The number of nitrogens with zero attached hydrogens (tertiary/aromatic N) is 2. The summed E-state index contributed by atoms with van der Waals surface area (Å²) in [5, 5.41) is 0. The summed E-state index contributed by atoms with van der Waals surface area (Å²) in [4.78, 5) is 30.0. The molecule has 3 aromatic carbocycles. The molecule has 2 amide bonds. The first kappa shape index (κ1) is 15.6. The Hall–Kier alpha value is -3.60. The number of anilines is 2. The molecule has 0 spiro atoms. The predicted molar refractivity (Wildman–Crippen MR) is 102 cm³/mol. The van der Waals surface area contributed by atoms with Gasteiger partial charge in [-0.25, -0.2) is 0 Å². The number of carbonyl (C=O) groups is 2. The second-order valence-corrected chi connectivity index (χ2v) is 6.50. The predicted octanol–water partition coefficient (Wildman–Crippen LogP) is 4.01. The van der Waals surface area contributed by atoms with Crippen LogP contribution in [0.5, 0.6) is 5.75 Å². The number of ether oxygens (including phenoxy) is 1. The van der Waals surface area contributed by atoms with Crippen molar-refractivity contribution in [2.24, 2.45) is 0 Å². The van der Waals surface area contributed by atoms with Gasteiger partial charge in [-0.2, -0.15) is 0 Å². The minimum atomic E-state index is -0.535. The molecule has 1 atom stereocenters. The summed E-state index contributed by atoms with van der Waals surface area (Å²) >= 11 is 0. The first-order valence-electron chi connectivity index (χ1n) is 8.70. The number of hydrogen-bond acceptors (Lipinski definition) is 3. The SMILES string of the molecule is COc1ccccc1N1C(=O)c2ccccc2N2C(=O)c3ccccc3C12. The van der Waals surface area contributed by atoms with Gasteiger partial charge < -0.3 is 4.74 Å². The highest BCUT2D eigenvalue weighted by Gasteiger charge is 2.48. The first-order chi connectivity index (χ1) is 13.2. The fourth-order valence-electron chi connectivity index (χ4n) is 3.97. The second-order valence-electron chi connectivity index (χ2n) is 6.50. The number of hydrogen-bond donors (Lipinski definition) is 0.